The van der Waals surface area contributed by atoms with Gasteiger partial charge in [0, 0.05) is 10.2 Å². The molecule has 0 saturated carbocycles. The van der Waals surface area contributed by atoms with E-state index in [0.29, 0.717) is 0 Å². The summed E-state index contributed by atoms with van der Waals surface area (Å²) in [6.45, 7) is 4.44. The maximum absolute atomic E-state index is 13.0. The van der Waals surface area contributed by atoms with Gasteiger partial charge in [0.1, 0.15) is 5.82 Å². The highest BCUT2D eigenvalue weighted by molar-refractivity contribution is 9.10. The summed E-state index contributed by atoms with van der Waals surface area (Å²) in [5, 5.41) is 0. The van der Waals surface area contributed by atoms with Gasteiger partial charge in [0.2, 0.25) is 0 Å². The Hall–Kier alpha value is -0.0200. The van der Waals surface area contributed by atoms with Crippen LogP contribution in [0.15, 0.2) is 22.7 Å². The minimum absolute atomic E-state index is 0.163. The average Bonchev–Trinajstić information content (AvgIpc) is 2.16. The lowest BCUT2D eigenvalue weighted by Gasteiger charge is -2.07. The van der Waals surface area contributed by atoms with E-state index in [2.05, 4.69) is 29.8 Å². The fourth-order valence-electron chi connectivity index (χ4n) is 1.19. The van der Waals surface area contributed by atoms with Crippen molar-refractivity contribution >= 4 is 27.7 Å². The molecule has 0 aliphatic carbocycles. The van der Waals surface area contributed by atoms with Crippen LogP contribution in [0.1, 0.15) is 25.8 Å². The average molecular weight is 291 g/mol. The first-order valence-corrected chi connectivity index (χ1v) is 7.09. The molecule has 0 bridgehead atoms. The standard InChI is InChI=1S/C12H16BrFS/c1-3-9(2)7-15-8-10-4-11(13)6-12(14)5-10/h4-6,9H,3,7-8H2,1-2H3. The summed E-state index contributed by atoms with van der Waals surface area (Å²) in [6, 6.07) is 5.07. The third kappa shape index (κ3) is 5.03. The van der Waals surface area contributed by atoms with E-state index in [1.807, 2.05) is 17.8 Å². The molecule has 3 heteroatoms. The van der Waals surface area contributed by atoms with Crippen LogP contribution in [0.2, 0.25) is 0 Å². The third-order valence-electron chi connectivity index (χ3n) is 2.29. The monoisotopic (exact) mass is 290 g/mol. The van der Waals surface area contributed by atoms with E-state index in [-0.39, 0.29) is 5.82 Å². The molecule has 0 aromatic heterocycles. The molecule has 0 nitrogen and oxygen atoms in total. The van der Waals surface area contributed by atoms with Crippen molar-refractivity contribution in [1.82, 2.24) is 0 Å². The Labute approximate surface area is 104 Å². The van der Waals surface area contributed by atoms with Gasteiger partial charge in [0.15, 0.2) is 0 Å². The second-order valence-electron chi connectivity index (χ2n) is 3.81. The van der Waals surface area contributed by atoms with E-state index in [1.165, 1.54) is 12.5 Å². The van der Waals surface area contributed by atoms with Crippen molar-refractivity contribution in [3.05, 3.63) is 34.1 Å². The van der Waals surface area contributed by atoms with Gasteiger partial charge in [0.05, 0.1) is 0 Å². The maximum atomic E-state index is 13.0. The number of thioether (sulfide) groups is 1. The van der Waals surface area contributed by atoms with Crippen molar-refractivity contribution in [3.63, 3.8) is 0 Å². The SMILES string of the molecule is CCC(C)CSCc1cc(F)cc(Br)c1. The van der Waals surface area contributed by atoms with Gasteiger partial charge >= 0.3 is 0 Å². The highest BCUT2D eigenvalue weighted by Gasteiger charge is 2.02. The summed E-state index contributed by atoms with van der Waals surface area (Å²) in [5.41, 5.74) is 1.05. The quantitative estimate of drug-likeness (QED) is 0.746. The van der Waals surface area contributed by atoms with Crippen molar-refractivity contribution in [1.29, 1.82) is 0 Å². The largest absolute Gasteiger partial charge is 0.207 e. The van der Waals surface area contributed by atoms with Crippen LogP contribution < -0.4 is 0 Å². The second-order valence-corrected chi connectivity index (χ2v) is 5.75. The topological polar surface area (TPSA) is 0 Å². The number of hydrogen-bond donors (Lipinski definition) is 0. The summed E-state index contributed by atoms with van der Waals surface area (Å²) >= 11 is 5.17. The van der Waals surface area contributed by atoms with Gasteiger partial charge < -0.3 is 0 Å². The van der Waals surface area contributed by atoms with Crippen molar-refractivity contribution in [2.24, 2.45) is 5.92 Å². The lowest BCUT2D eigenvalue weighted by atomic mass is 10.2. The molecule has 84 valence electrons. The first-order chi connectivity index (χ1) is 7.11. The smallest absolute Gasteiger partial charge is 0.124 e. The molecule has 1 aromatic rings. The van der Waals surface area contributed by atoms with Crippen LogP contribution in [0.25, 0.3) is 0 Å². The van der Waals surface area contributed by atoms with Crippen LogP contribution in [0, 0.1) is 11.7 Å². The molecular formula is C12H16BrFS. The zero-order valence-electron chi connectivity index (χ0n) is 9.09. The number of benzene rings is 1. The molecule has 0 aliphatic heterocycles. The Morgan fingerprint density at radius 2 is 2.13 bits per heavy atom. The number of halogens is 2. The fraction of sp³-hybridized carbons (Fsp3) is 0.500. The molecule has 0 amide bonds. The summed E-state index contributed by atoms with van der Waals surface area (Å²) in [4.78, 5) is 0. The summed E-state index contributed by atoms with van der Waals surface area (Å²) in [5.74, 6) is 2.61. The molecule has 1 rings (SSSR count). The minimum atomic E-state index is -0.163. The minimum Gasteiger partial charge on any atom is -0.207 e. The molecule has 1 atom stereocenters. The maximum Gasteiger partial charge on any atom is 0.124 e. The molecule has 0 spiro atoms. The summed E-state index contributed by atoms with van der Waals surface area (Å²) in [6.07, 6.45) is 1.21. The van der Waals surface area contributed by atoms with E-state index >= 15 is 0 Å². The van der Waals surface area contributed by atoms with Crippen molar-refractivity contribution in [2.45, 2.75) is 26.0 Å². The first-order valence-electron chi connectivity index (χ1n) is 5.14. The summed E-state index contributed by atoms with van der Waals surface area (Å²) in [7, 11) is 0. The zero-order valence-corrected chi connectivity index (χ0v) is 11.5. The Morgan fingerprint density at radius 3 is 2.73 bits per heavy atom. The van der Waals surface area contributed by atoms with E-state index < -0.39 is 0 Å². The molecule has 0 heterocycles. The number of hydrogen-bond acceptors (Lipinski definition) is 1. The third-order valence-corrected chi connectivity index (χ3v) is 4.09. The van der Waals surface area contributed by atoms with Gasteiger partial charge in [0.25, 0.3) is 0 Å². The van der Waals surface area contributed by atoms with Crippen LogP contribution in [0.3, 0.4) is 0 Å². The van der Waals surface area contributed by atoms with Crippen LogP contribution in [0.4, 0.5) is 4.39 Å². The summed E-state index contributed by atoms with van der Waals surface area (Å²) < 4.78 is 13.9. The zero-order chi connectivity index (χ0) is 11.3. The van der Waals surface area contributed by atoms with Crippen LogP contribution in [-0.4, -0.2) is 5.75 Å². The lowest BCUT2D eigenvalue weighted by Crippen LogP contribution is -1.96. The molecule has 0 fully saturated rings. The van der Waals surface area contributed by atoms with Gasteiger partial charge in [-0.1, -0.05) is 36.2 Å². The van der Waals surface area contributed by atoms with E-state index in [9.17, 15) is 4.39 Å². The lowest BCUT2D eigenvalue weighted by molar-refractivity contribution is 0.625. The van der Waals surface area contributed by atoms with Crippen molar-refractivity contribution in [2.75, 3.05) is 5.75 Å². The van der Waals surface area contributed by atoms with Gasteiger partial charge in [-0.05, 0) is 35.4 Å². The van der Waals surface area contributed by atoms with Gasteiger partial charge in [-0.25, -0.2) is 4.39 Å². The van der Waals surface area contributed by atoms with Crippen molar-refractivity contribution in [3.8, 4) is 0 Å². The van der Waals surface area contributed by atoms with Crippen LogP contribution in [-0.2, 0) is 5.75 Å². The Bertz CT molecular complexity index is 294. The molecular weight excluding hydrogens is 275 g/mol. The first kappa shape index (κ1) is 13.0. The van der Waals surface area contributed by atoms with Gasteiger partial charge in [-0.3, -0.25) is 0 Å². The Balaban J connectivity index is 2.43. The predicted octanol–water partition coefficient (Wildman–Crippen LogP) is 4.87. The Morgan fingerprint density at radius 1 is 1.40 bits per heavy atom. The highest BCUT2D eigenvalue weighted by Crippen LogP contribution is 2.21. The molecule has 0 radical (unpaired) electrons. The molecule has 1 unspecified atom stereocenters. The van der Waals surface area contributed by atoms with Crippen molar-refractivity contribution < 1.29 is 4.39 Å². The fourth-order valence-corrected chi connectivity index (χ4v) is 2.86. The van der Waals surface area contributed by atoms with Gasteiger partial charge in [-0.2, -0.15) is 11.8 Å². The molecule has 1 aromatic carbocycles. The van der Waals surface area contributed by atoms with E-state index in [1.54, 1.807) is 6.07 Å². The molecule has 0 saturated heterocycles. The highest BCUT2D eigenvalue weighted by atomic mass is 79.9. The predicted molar refractivity (Wildman–Crippen MR) is 69.7 cm³/mol. The van der Waals surface area contributed by atoms with E-state index in [4.69, 9.17) is 0 Å². The molecule has 0 N–H and O–H groups in total. The number of rotatable bonds is 5. The van der Waals surface area contributed by atoms with Crippen LogP contribution >= 0.6 is 27.7 Å². The normalized spacial score (nSPS) is 12.8. The molecule has 15 heavy (non-hydrogen) atoms. The van der Waals surface area contributed by atoms with Crippen LogP contribution in [0.5, 0.6) is 0 Å². The Kier molecular flexibility index (Phi) is 5.69. The van der Waals surface area contributed by atoms with E-state index in [0.717, 1.165) is 27.5 Å². The van der Waals surface area contributed by atoms with Gasteiger partial charge in [-0.15, -0.1) is 0 Å². The molecule has 0 aliphatic rings. The second kappa shape index (κ2) is 6.54.